The van der Waals surface area contributed by atoms with Crippen LogP contribution in [0.5, 0.6) is 11.5 Å². The van der Waals surface area contributed by atoms with Crippen molar-refractivity contribution in [2.45, 2.75) is 39.8 Å². The zero-order valence-electron chi connectivity index (χ0n) is 23.0. The summed E-state index contributed by atoms with van der Waals surface area (Å²) in [5.74, 6) is -0.637. The molecule has 0 saturated carbocycles. The van der Waals surface area contributed by atoms with Gasteiger partial charge >= 0.3 is 0 Å². The van der Waals surface area contributed by atoms with Gasteiger partial charge in [-0.05, 0) is 73.4 Å². The minimum Gasteiger partial charge on any atom is -0.490 e. The molecule has 0 bridgehead atoms. The first kappa shape index (κ1) is 31.6. The molecule has 3 aromatic rings. The summed E-state index contributed by atoms with van der Waals surface area (Å²) in [5, 5.41) is 7.82. The van der Waals surface area contributed by atoms with Crippen LogP contribution in [0.4, 0.5) is 4.39 Å². The van der Waals surface area contributed by atoms with E-state index in [-0.39, 0.29) is 18.1 Å². The Hall–Kier alpha value is -3.88. The number of ether oxygens (including phenoxy) is 2. The van der Waals surface area contributed by atoms with Gasteiger partial charge in [-0.1, -0.05) is 49.2 Å². The second-order valence-corrected chi connectivity index (χ2v) is 10.2. The number of hydrogen-bond donors (Lipinski definition) is 2. The third kappa shape index (κ3) is 9.06. The first-order chi connectivity index (χ1) is 19.6. The summed E-state index contributed by atoms with van der Waals surface area (Å²) in [6, 6.07) is 13.0. The molecule has 0 fully saturated rings. The number of nitrogens with zero attached hydrogens (tertiary/aromatic N) is 1. The van der Waals surface area contributed by atoms with Crippen LogP contribution in [0.3, 0.4) is 0 Å². The summed E-state index contributed by atoms with van der Waals surface area (Å²) in [6.07, 6.45) is 3.71. The van der Waals surface area contributed by atoms with Crippen molar-refractivity contribution in [3.63, 3.8) is 0 Å². The van der Waals surface area contributed by atoms with Gasteiger partial charge in [0.1, 0.15) is 18.5 Å². The highest BCUT2D eigenvalue weighted by atomic mass is 35.5. The standard InChI is InChI=1S/C31H32Cl2FN3O4/c1-5-7-22-14-20(15-27(40-6-2)29(22)41-18-23-8-11-24(32)16-26(23)33)17-35-37-31(39)28(19(3)4)36-30(38)21-9-12-25(34)13-10-21/h5,8-17,19,28H,1,6-7,18H2,2-4H3,(H,36,38)(H,37,39)/b35-17+. The smallest absolute Gasteiger partial charge is 0.262 e. The van der Waals surface area contributed by atoms with Gasteiger partial charge in [-0.2, -0.15) is 5.10 Å². The van der Waals surface area contributed by atoms with Crippen molar-refractivity contribution in [1.82, 2.24) is 10.7 Å². The lowest BCUT2D eigenvalue weighted by atomic mass is 10.0. The average Bonchev–Trinajstić information content (AvgIpc) is 2.92. The molecule has 41 heavy (non-hydrogen) atoms. The van der Waals surface area contributed by atoms with Crippen molar-refractivity contribution in [2.75, 3.05) is 6.61 Å². The summed E-state index contributed by atoms with van der Waals surface area (Å²) >= 11 is 12.3. The number of allylic oxidation sites excluding steroid dienone is 1. The van der Waals surface area contributed by atoms with E-state index in [1.165, 1.54) is 30.5 Å². The van der Waals surface area contributed by atoms with Crippen molar-refractivity contribution < 1.29 is 23.5 Å². The van der Waals surface area contributed by atoms with Gasteiger partial charge in [0.05, 0.1) is 12.8 Å². The molecule has 3 aromatic carbocycles. The molecule has 1 unspecified atom stereocenters. The Morgan fingerprint density at radius 3 is 2.41 bits per heavy atom. The van der Waals surface area contributed by atoms with Crippen molar-refractivity contribution in [3.8, 4) is 11.5 Å². The molecule has 216 valence electrons. The largest absolute Gasteiger partial charge is 0.490 e. The number of amides is 2. The van der Waals surface area contributed by atoms with Crippen LogP contribution < -0.4 is 20.2 Å². The lowest BCUT2D eigenvalue weighted by molar-refractivity contribution is -0.123. The number of hydrazone groups is 1. The number of carbonyl (C=O) groups is 2. The molecular formula is C31H32Cl2FN3O4. The quantitative estimate of drug-likeness (QED) is 0.129. The van der Waals surface area contributed by atoms with Gasteiger partial charge in [-0.15, -0.1) is 6.58 Å². The average molecular weight is 601 g/mol. The van der Waals surface area contributed by atoms with Gasteiger partial charge in [-0.25, -0.2) is 9.82 Å². The summed E-state index contributed by atoms with van der Waals surface area (Å²) in [4.78, 5) is 25.5. The molecule has 2 amide bonds. The van der Waals surface area contributed by atoms with Crippen molar-refractivity contribution in [1.29, 1.82) is 0 Å². The lowest BCUT2D eigenvalue weighted by Crippen LogP contribution is -2.48. The van der Waals surface area contributed by atoms with E-state index >= 15 is 0 Å². The molecule has 0 saturated heterocycles. The number of nitrogens with one attached hydrogen (secondary N) is 2. The summed E-state index contributed by atoms with van der Waals surface area (Å²) < 4.78 is 25.2. The van der Waals surface area contributed by atoms with E-state index in [9.17, 15) is 14.0 Å². The Bertz CT molecular complexity index is 1410. The Morgan fingerprint density at radius 1 is 1.05 bits per heavy atom. The predicted molar refractivity (Wildman–Crippen MR) is 161 cm³/mol. The van der Waals surface area contributed by atoms with Crippen LogP contribution in [0.25, 0.3) is 0 Å². The second kappa shape index (κ2) is 15.2. The number of carbonyl (C=O) groups excluding carboxylic acids is 2. The predicted octanol–water partition coefficient (Wildman–Crippen LogP) is 6.74. The van der Waals surface area contributed by atoms with E-state index in [1.54, 1.807) is 44.2 Å². The molecule has 0 aliphatic carbocycles. The van der Waals surface area contributed by atoms with E-state index in [0.717, 1.165) is 11.1 Å². The summed E-state index contributed by atoms with van der Waals surface area (Å²) in [7, 11) is 0. The number of hydrogen-bond acceptors (Lipinski definition) is 5. The molecule has 3 rings (SSSR count). The number of rotatable bonds is 13. The van der Waals surface area contributed by atoms with Crippen LogP contribution >= 0.6 is 23.2 Å². The maximum atomic E-state index is 13.2. The van der Waals surface area contributed by atoms with Crippen LogP contribution in [0.1, 0.15) is 47.8 Å². The highest BCUT2D eigenvalue weighted by molar-refractivity contribution is 6.35. The highest BCUT2D eigenvalue weighted by Gasteiger charge is 2.24. The van der Waals surface area contributed by atoms with Gasteiger partial charge in [0.25, 0.3) is 11.8 Å². The molecular weight excluding hydrogens is 568 g/mol. The van der Waals surface area contributed by atoms with Crippen LogP contribution in [0, 0.1) is 11.7 Å². The molecule has 0 aromatic heterocycles. The van der Waals surface area contributed by atoms with Crippen LogP contribution in [-0.4, -0.2) is 30.7 Å². The highest BCUT2D eigenvalue weighted by Crippen LogP contribution is 2.35. The van der Waals surface area contributed by atoms with Gasteiger partial charge < -0.3 is 14.8 Å². The first-order valence-electron chi connectivity index (χ1n) is 13.0. The molecule has 0 heterocycles. The van der Waals surface area contributed by atoms with Gasteiger partial charge in [0, 0.05) is 26.7 Å². The topological polar surface area (TPSA) is 89.0 Å². The van der Waals surface area contributed by atoms with Crippen LogP contribution in [0.15, 0.2) is 72.4 Å². The molecule has 2 N–H and O–H groups in total. The van der Waals surface area contributed by atoms with Gasteiger partial charge in [-0.3, -0.25) is 9.59 Å². The Kier molecular flexibility index (Phi) is 11.7. The SMILES string of the molecule is C=CCc1cc(/C=N/NC(=O)C(NC(=O)c2ccc(F)cc2)C(C)C)cc(OCC)c1OCc1ccc(Cl)cc1Cl. The summed E-state index contributed by atoms with van der Waals surface area (Å²) in [6.45, 7) is 9.89. The Labute approximate surface area is 249 Å². The van der Waals surface area contributed by atoms with Crippen LogP contribution in [-0.2, 0) is 17.8 Å². The van der Waals surface area contributed by atoms with Gasteiger partial charge in [0.15, 0.2) is 11.5 Å². The van der Waals surface area contributed by atoms with Crippen molar-refractivity contribution >= 4 is 41.2 Å². The first-order valence-corrected chi connectivity index (χ1v) is 13.7. The third-order valence-electron chi connectivity index (χ3n) is 5.94. The maximum absolute atomic E-state index is 13.2. The molecule has 7 nitrogen and oxygen atoms in total. The van der Waals surface area contributed by atoms with Gasteiger partial charge in [0.2, 0.25) is 0 Å². The van der Waals surface area contributed by atoms with Crippen LogP contribution in [0.2, 0.25) is 10.0 Å². The normalized spacial score (nSPS) is 11.8. The van der Waals surface area contributed by atoms with E-state index < -0.39 is 23.7 Å². The Balaban J connectivity index is 1.76. The monoisotopic (exact) mass is 599 g/mol. The fourth-order valence-corrected chi connectivity index (χ4v) is 4.34. The molecule has 0 aliphatic rings. The second-order valence-electron chi connectivity index (χ2n) is 9.39. The van der Waals surface area contributed by atoms with E-state index in [1.807, 2.05) is 13.0 Å². The molecule has 0 spiro atoms. The zero-order valence-corrected chi connectivity index (χ0v) is 24.6. The minimum absolute atomic E-state index is 0.198. The fourth-order valence-electron chi connectivity index (χ4n) is 3.88. The third-order valence-corrected chi connectivity index (χ3v) is 6.52. The number of benzene rings is 3. The minimum atomic E-state index is -0.865. The Morgan fingerprint density at radius 2 is 1.78 bits per heavy atom. The van der Waals surface area contributed by atoms with E-state index in [4.69, 9.17) is 32.7 Å². The molecule has 10 heteroatoms. The maximum Gasteiger partial charge on any atom is 0.262 e. The molecule has 1 atom stereocenters. The van der Waals surface area contributed by atoms with Crippen molar-refractivity contribution in [2.24, 2.45) is 11.0 Å². The molecule has 0 radical (unpaired) electrons. The molecule has 0 aliphatic heterocycles. The zero-order chi connectivity index (χ0) is 29.9. The fraction of sp³-hybridized carbons (Fsp3) is 0.258. The lowest BCUT2D eigenvalue weighted by Gasteiger charge is -2.20. The van der Waals surface area contributed by atoms with E-state index in [0.29, 0.717) is 40.1 Å². The van der Waals surface area contributed by atoms with Crippen molar-refractivity contribution in [3.05, 3.63) is 105 Å². The van der Waals surface area contributed by atoms with E-state index in [2.05, 4.69) is 22.4 Å². The number of halogens is 3. The summed E-state index contributed by atoms with van der Waals surface area (Å²) in [5.41, 5.74) is 4.95.